The average Bonchev–Trinajstić information content (AvgIpc) is 2.59. The number of halogens is 3. The highest BCUT2D eigenvalue weighted by Crippen LogP contribution is 2.40. The van der Waals surface area contributed by atoms with E-state index in [2.05, 4.69) is 0 Å². The number of hydrogen-bond donors (Lipinski definition) is 2. The van der Waals surface area contributed by atoms with Crippen LogP contribution in [0.4, 0.5) is 13.2 Å². The van der Waals surface area contributed by atoms with Crippen LogP contribution in [-0.4, -0.2) is 52.9 Å². The van der Waals surface area contributed by atoms with Gasteiger partial charge in [0.15, 0.2) is 18.2 Å². The molecule has 100 valence electrons. The van der Waals surface area contributed by atoms with Gasteiger partial charge in [0, 0.05) is 0 Å². The van der Waals surface area contributed by atoms with Crippen LogP contribution in [0.15, 0.2) is 0 Å². The molecule has 0 bridgehead atoms. The van der Waals surface area contributed by atoms with Crippen molar-refractivity contribution in [1.82, 2.24) is 0 Å². The molecule has 2 aliphatic heterocycles. The molecule has 0 radical (unpaired) electrons. The molecule has 5 atom stereocenters. The predicted molar refractivity (Wildman–Crippen MR) is 46.8 cm³/mol. The van der Waals surface area contributed by atoms with E-state index in [4.69, 9.17) is 19.3 Å². The number of fused-ring (bicyclic) bond motifs is 1. The number of alkyl halides is 3. The maximum Gasteiger partial charge on any atom is 0.417 e. The maximum absolute atomic E-state index is 12.3. The third-order valence-corrected chi connectivity index (χ3v) is 2.70. The first-order chi connectivity index (χ1) is 7.62. The lowest BCUT2D eigenvalue weighted by Gasteiger charge is -2.26. The summed E-state index contributed by atoms with van der Waals surface area (Å²) in [5.74, 6) is -1.02. The topological polar surface area (TPSA) is 68.2 Å². The lowest BCUT2D eigenvalue weighted by Crippen LogP contribution is -2.47. The number of aliphatic hydroxyl groups excluding tert-OH is 2. The molecule has 2 fully saturated rings. The van der Waals surface area contributed by atoms with Crippen molar-refractivity contribution < 1.29 is 37.6 Å². The molecule has 5 nitrogen and oxygen atoms in total. The van der Waals surface area contributed by atoms with Gasteiger partial charge in [-0.05, 0) is 13.8 Å². The number of aliphatic hydroxyl groups is 2. The summed E-state index contributed by atoms with van der Waals surface area (Å²) < 4.78 is 52.0. The van der Waals surface area contributed by atoms with Crippen molar-refractivity contribution in [3.05, 3.63) is 0 Å². The normalized spacial score (nSPS) is 42.5. The molecule has 2 rings (SSSR count). The molecular formula is C9H13F3O5. The van der Waals surface area contributed by atoms with E-state index in [-0.39, 0.29) is 0 Å². The summed E-state index contributed by atoms with van der Waals surface area (Å²) in [6, 6.07) is 0. The predicted octanol–water partition coefficient (Wildman–Crippen LogP) is 0.147. The molecule has 2 saturated heterocycles. The zero-order chi connectivity index (χ0) is 13.0. The number of rotatable bonds is 1. The molecule has 0 aromatic heterocycles. The van der Waals surface area contributed by atoms with Gasteiger partial charge in [-0.1, -0.05) is 0 Å². The second-order valence-electron chi connectivity index (χ2n) is 4.55. The fourth-order valence-electron chi connectivity index (χ4n) is 1.96. The van der Waals surface area contributed by atoms with Gasteiger partial charge in [-0.3, -0.25) is 0 Å². The minimum atomic E-state index is -4.86. The van der Waals surface area contributed by atoms with Gasteiger partial charge in [-0.2, -0.15) is 13.2 Å². The Bertz CT molecular complexity index is 305. The molecule has 2 aliphatic rings. The third kappa shape index (κ3) is 2.27. The monoisotopic (exact) mass is 258 g/mol. The van der Waals surface area contributed by atoms with E-state index in [1.165, 1.54) is 0 Å². The number of hydrogen-bond acceptors (Lipinski definition) is 5. The molecule has 0 amide bonds. The van der Waals surface area contributed by atoms with E-state index in [0.717, 1.165) is 0 Å². The minimum Gasteiger partial charge on any atom is -0.387 e. The van der Waals surface area contributed by atoms with Crippen molar-refractivity contribution >= 4 is 0 Å². The molecule has 0 aromatic carbocycles. The highest BCUT2D eigenvalue weighted by atomic mass is 19.4. The Hall–Kier alpha value is -0.410. The second-order valence-corrected chi connectivity index (χ2v) is 4.55. The SMILES string of the molecule is CC1(C)O[C@H]2O[C@H]([C@H](O)C(F)(F)F)[C@H](O)[C@H]2O1. The summed E-state index contributed by atoms with van der Waals surface area (Å²) in [4.78, 5) is 0. The van der Waals surface area contributed by atoms with Crippen LogP contribution < -0.4 is 0 Å². The van der Waals surface area contributed by atoms with Gasteiger partial charge >= 0.3 is 6.18 Å². The first-order valence-electron chi connectivity index (χ1n) is 5.06. The van der Waals surface area contributed by atoms with Gasteiger partial charge in [-0.15, -0.1) is 0 Å². The molecule has 17 heavy (non-hydrogen) atoms. The van der Waals surface area contributed by atoms with Crippen LogP contribution in [0.1, 0.15) is 13.8 Å². The second kappa shape index (κ2) is 3.79. The Morgan fingerprint density at radius 3 is 2.29 bits per heavy atom. The van der Waals surface area contributed by atoms with E-state index in [1.807, 2.05) is 0 Å². The first-order valence-corrected chi connectivity index (χ1v) is 5.06. The highest BCUT2D eigenvalue weighted by molar-refractivity contribution is 4.97. The number of ether oxygens (including phenoxy) is 3. The van der Waals surface area contributed by atoms with Gasteiger partial charge in [0.05, 0.1) is 0 Å². The van der Waals surface area contributed by atoms with E-state index in [1.54, 1.807) is 13.8 Å². The average molecular weight is 258 g/mol. The van der Waals surface area contributed by atoms with Crippen LogP contribution in [-0.2, 0) is 14.2 Å². The van der Waals surface area contributed by atoms with E-state index >= 15 is 0 Å². The maximum atomic E-state index is 12.3. The minimum absolute atomic E-state index is 1.02. The van der Waals surface area contributed by atoms with Crippen LogP contribution in [0.25, 0.3) is 0 Å². The van der Waals surface area contributed by atoms with Crippen molar-refractivity contribution in [3.63, 3.8) is 0 Å². The van der Waals surface area contributed by atoms with Crippen molar-refractivity contribution in [3.8, 4) is 0 Å². The van der Waals surface area contributed by atoms with E-state index in [9.17, 15) is 18.3 Å². The lowest BCUT2D eigenvalue weighted by atomic mass is 10.1. The Morgan fingerprint density at radius 2 is 1.82 bits per heavy atom. The summed E-state index contributed by atoms with van der Waals surface area (Å²) in [5.41, 5.74) is 0. The van der Waals surface area contributed by atoms with Gasteiger partial charge in [0.1, 0.15) is 18.3 Å². The van der Waals surface area contributed by atoms with Crippen LogP contribution in [0, 0.1) is 0 Å². The fraction of sp³-hybridized carbons (Fsp3) is 1.00. The molecule has 0 aromatic rings. The van der Waals surface area contributed by atoms with E-state index in [0.29, 0.717) is 0 Å². The summed E-state index contributed by atoms with van der Waals surface area (Å²) in [6.07, 6.45) is -13.1. The lowest BCUT2D eigenvalue weighted by molar-refractivity contribution is -0.271. The third-order valence-electron chi connectivity index (χ3n) is 2.70. The Labute approximate surface area is 95.1 Å². The van der Waals surface area contributed by atoms with Gasteiger partial charge < -0.3 is 24.4 Å². The molecule has 2 heterocycles. The summed E-state index contributed by atoms with van der Waals surface area (Å²) in [5, 5.41) is 18.7. The Kier molecular flexibility index (Phi) is 2.91. The summed E-state index contributed by atoms with van der Waals surface area (Å²) in [7, 11) is 0. The van der Waals surface area contributed by atoms with Crippen molar-refractivity contribution in [1.29, 1.82) is 0 Å². The largest absolute Gasteiger partial charge is 0.417 e. The van der Waals surface area contributed by atoms with E-state index < -0.39 is 42.7 Å². The van der Waals surface area contributed by atoms with Gasteiger partial charge in [0.2, 0.25) is 0 Å². The Morgan fingerprint density at radius 1 is 1.24 bits per heavy atom. The quantitative estimate of drug-likeness (QED) is 0.700. The van der Waals surface area contributed by atoms with Crippen LogP contribution >= 0.6 is 0 Å². The molecule has 0 spiro atoms. The smallest absolute Gasteiger partial charge is 0.387 e. The molecule has 0 saturated carbocycles. The van der Waals surface area contributed by atoms with Crippen molar-refractivity contribution in [2.24, 2.45) is 0 Å². The standard InChI is InChI=1S/C9H13F3O5/c1-8(2)16-5-3(13)4(15-7(5)17-8)6(14)9(10,11)12/h3-7,13-14H,1-2H3/t3-,4-,5+,6-,7+/m0/s1. The molecule has 0 unspecified atom stereocenters. The van der Waals surface area contributed by atoms with Crippen LogP contribution in [0.2, 0.25) is 0 Å². The van der Waals surface area contributed by atoms with Gasteiger partial charge in [0.25, 0.3) is 0 Å². The Balaban J connectivity index is 2.08. The molecule has 2 N–H and O–H groups in total. The summed E-state index contributed by atoms with van der Waals surface area (Å²) >= 11 is 0. The highest BCUT2D eigenvalue weighted by Gasteiger charge is 2.60. The van der Waals surface area contributed by atoms with Crippen LogP contribution in [0.3, 0.4) is 0 Å². The molecule has 8 heteroatoms. The first kappa shape index (κ1) is 13.0. The van der Waals surface area contributed by atoms with Crippen molar-refractivity contribution in [2.45, 2.75) is 56.5 Å². The molecule has 0 aliphatic carbocycles. The zero-order valence-corrected chi connectivity index (χ0v) is 9.14. The fourth-order valence-corrected chi connectivity index (χ4v) is 1.96. The van der Waals surface area contributed by atoms with Crippen molar-refractivity contribution in [2.75, 3.05) is 0 Å². The van der Waals surface area contributed by atoms with Crippen LogP contribution in [0.5, 0.6) is 0 Å². The zero-order valence-electron chi connectivity index (χ0n) is 9.14. The molecular weight excluding hydrogens is 245 g/mol. The summed E-state index contributed by atoms with van der Waals surface area (Å²) in [6.45, 7) is 3.10. The van der Waals surface area contributed by atoms with Gasteiger partial charge in [-0.25, -0.2) is 0 Å².